The first-order chi connectivity index (χ1) is 12.6. The van der Waals surface area contributed by atoms with Gasteiger partial charge in [0.1, 0.15) is 5.75 Å². The topological polar surface area (TPSA) is 64.1 Å². The molecule has 0 fully saturated rings. The summed E-state index contributed by atoms with van der Waals surface area (Å²) < 4.78 is 40.5. The van der Waals surface area contributed by atoms with E-state index in [4.69, 9.17) is 9.47 Å². The number of thioether (sulfide) groups is 1. The molecule has 26 heavy (non-hydrogen) atoms. The highest BCUT2D eigenvalue weighted by Crippen LogP contribution is 2.38. The van der Waals surface area contributed by atoms with Crippen LogP contribution in [0.4, 0.5) is 8.78 Å². The van der Waals surface area contributed by atoms with E-state index in [1.807, 2.05) is 18.7 Å². The minimum Gasteiger partial charge on any atom is -0.454 e. The Morgan fingerprint density at radius 3 is 2.73 bits per heavy atom. The van der Waals surface area contributed by atoms with Crippen LogP contribution in [0.5, 0.6) is 17.2 Å². The summed E-state index contributed by atoms with van der Waals surface area (Å²) in [6, 6.07) is 3.05. The van der Waals surface area contributed by atoms with E-state index in [1.165, 1.54) is 6.07 Å². The van der Waals surface area contributed by atoms with Crippen LogP contribution in [0.3, 0.4) is 0 Å². The number of guanidine groups is 1. The number of unbranched alkanes of at least 4 members (excludes halogenated alkanes) is 1. The highest BCUT2D eigenvalue weighted by Gasteiger charge is 2.20. The summed E-state index contributed by atoms with van der Waals surface area (Å²) in [4.78, 5) is 4.46. The second-order valence-corrected chi connectivity index (χ2v) is 6.50. The maximum absolute atomic E-state index is 12.7. The van der Waals surface area contributed by atoms with Gasteiger partial charge in [0.05, 0.1) is 6.54 Å². The van der Waals surface area contributed by atoms with Crippen LogP contribution in [0.15, 0.2) is 17.1 Å². The number of ether oxygens (including phenoxy) is 3. The Labute approximate surface area is 156 Å². The number of hydrogen-bond acceptors (Lipinski definition) is 5. The second-order valence-electron chi connectivity index (χ2n) is 5.51. The Balaban J connectivity index is 2.04. The fraction of sp³-hybridized carbons (Fsp3) is 0.588. The largest absolute Gasteiger partial charge is 0.454 e. The summed E-state index contributed by atoms with van der Waals surface area (Å²) in [5, 5.41) is 6.39. The maximum atomic E-state index is 12.7. The van der Waals surface area contributed by atoms with Gasteiger partial charge in [-0.1, -0.05) is 0 Å². The molecule has 0 unspecified atom stereocenters. The first-order valence-electron chi connectivity index (χ1n) is 8.52. The minimum atomic E-state index is -2.92. The second kappa shape index (κ2) is 10.9. The number of halogens is 2. The molecule has 0 radical (unpaired) electrons. The minimum absolute atomic E-state index is 0.0452. The van der Waals surface area contributed by atoms with E-state index in [0.717, 1.165) is 25.1 Å². The zero-order valence-corrected chi connectivity index (χ0v) is 15.8. The van der Waals surface area contributed by atoms with Crippen molar-refractivity contribution in [2.24, 2.45) is 4.99 Å². The Morgan fingerprint density at radius 1 is 1.27 bits per heavy atom. The van der Waals surface area contributed by atoms with Gasteiger partial charge in [-0.2, -0.15) is 20.5 Å². The molecule has 0 amide bonds. The van der Waals surface area contributed by atoms with Gasteiger partial charge < -0.3 is 24.8 Å². The van der Waals surface area contributed by atoms with Crippen LogP contribution in [0.1, 0.15) is 25.3 Å². The van der Waals surface area contributed by atoms with Crippen LogP contribution in [-0.4, -0.2) is 44.5 Å². The molecule has 1 aliphatic heterocycles. The van der Waals surface area contributed by atoms with Crippen LogP contribution >= 0.6 is 11.8 Å². The Morgan fingerprint density at radius 2 is 2.04 bits per heavy atom. The first kappa shape index (κ1) is 20.4. The number of fused-ring (bicyclic) bond motifs is 1. The molecule has 0 saturated carbocycles. The van der Waals surface area contributed by atoms with E-state index in [1.54, 1.807) is 6.07 Å². The van der Waals surface area contributed by atoms with Crippen molar-refractivity contribution in [3.8, 4) is 17.2 Å². The lowest BCUT2D eigenvalue weighted by Crippen LogP contribution is -2.37. The van der Waals surface area contributed by atoms with Crippen molar-refractivity contribution in [2.45, 2.75) is 32.9 Å². The van der Waals surface area contributed by atoms with E-state index >= 15 is 0 Å². The molecule has 0 saturated heterocycles. The predicted molar refractivity (Wildman–Crippen MR) is 99.6 cm³/mol. The highest BCUT2D eigenvalue weighted by atomic mass is 32.2. The van der Waals surface area contributed by atoms with Gasteiger partial charge >= 0.3 is 6.61 Å². The third kappa shape index (κ3) is 6.44. The summed E-state index contributed by atoms with van der Waals surface area (Å²) in [5.74, 6) is 2.71. The van der Waals surface area contributed by atoms with E-state index in [0.29, 0.717) is 29.6 Å². The molecule has 1 aliphatic rings. The average molecular weight is 389 g/mol. The average Bonchev–Trinajstić information content (AvgIpc) is 3.05. The third-order valence-corrected chi connectivity index (χ3v) is 4.29. The van der Waals surface area contributed by atoms with Crippen LogP contribution in [0.25, 0.3) is 0 Å². The fourth-order valence-corrected chi connectivity index (χ4v) is 2.87. The molecule has 0 aromatic heterocycles. The summed E-state index contributed by atoms with van der Waals surface area (Å²) >= 11 is 1.82. The van der Waals surface area contributed by atoms with Gasteiger partial charge in [0.25, 0.3) is 0 Å². The lowest BCUT2D eigenvalue weighted by atomic mass is 10.1. The number of nitrogens with zero attached hydrogens (tertiary/aromatic N) is 1. The number of rotatable bonds is 10. The molecule has 6 nitrogen and oxygen atoms in total. The number of alkyl halides is 2. The van der Waals surface area contributed by atoms with Gasteiger partial charge in [0.15, 0.2) is 17.5 Å². The molecule has 0 spiro atoms. The van der Waals surface area contributed by atoms with Gasteiger partial charge in [0, 0.05) is 24.7 Å². The van der Waals surface area contributed by atoms with Crippen LogP contribution in [0.2, 0.25) is 0 Å². The van der Waals surface area contributed by atoms with Crippen LogP contribution in [-0.2, 0) is 6.54 Å². The summed E-state index contributed by atoms with van der Waals surface area (Å²) in [6.45, 7) is 0.805. The smallest absolute Gasteiger partial charge is 0.387 e. The molecule has 1 aromatic rings. The van der Waals surface area contributed by atoms with Gasteiger partial charge in [-0.05, 0) is 37.8 Å². The number of nitrogens with one attached hydrogen (secondary N) is 2. The fourth-order valence-electron chi connectivity index (χ4n) is 2.38. The lowest BCUT2D eigenvalue weighted by Gasteiger charge is -2.13. The summed E-state index contributed by atoms with van der Waals surface area (Å²) in [5.41, 5.74) is 0.508. The van der Waals surface area contributed by atoms with Gasteiger partial charge in [0.2, 0.25) is 6.79 Å². The molecule has 0 atom stereocenters. The molecule has 146 valence electrons. The quantitative estimate of drug-likeness (QED) is 0.364. The Hall–Kier alpha value is -1.90. The zero-order valence-electron chi connectivity index (χ0n) is 15.0. The van der Waals surface area contributed by atoms with E-state index < -0.39 is 6.61 Å². The van der Waals surface area contributed by atoms with E-state index in [-0.39, 0.29) is 19.1 Å². The summed E-state index contributed by atoms with van der Waals surface area (Å²) in [6.07, 6.45) is 4.25. The molecule has 1 aromatic carbocycles. The molecule has 0 bridgehead atoms. The predicted octanol–water partition coefficient (Wildman–Crippen LogP) is 3.22. The van der Waals surface area contributed by atoms with Gasteiger partial charge in [-0.15, -0.1) is 0 Å². The molecular weight excluding hydrogens is 364 g/mol. The van der Waals surface area contributed by atoms with Crippen molar-refractivity contribution >= 4 is 17.7 Å². The van der Waals surface area contributed by atoms with Crippen molar-refractivity contribution in [2.75, 3.05) is 31.9 Å². The zero-order chi connectivity index (χ0) is 18.8. The monoisotopic (exact) mass is 389 g/mol. The Bertz CT molecular complexity index is 603. The molecular formula is C17H25F2N3O3S. The molecule has 0 aliphatic carbocycles. The lowest BCUT2D eigenvalue weighted by molar-refractivity contribution is -0.0505. The van der Waals surface area contributed by atoms with Crippen molar-refractivity contribution in [3.05, 3.63) is 17.7 Å². The first-order valence-corrected chi connectivity index (χ1v) is 9.91. The number of aliphatic imine (C=N–C) groups is 1. The van der Waals surface area contributed by atoms with Crippen LogP contribution in [0, 0.1) is 0 Å². The van der Waals surface area contributed by atoms with Gasteiger partial charge in [-0.25, -0.2) is 4.99 Å². The number of hydrogen-bond donors (Lipinski definition) is 2. The Kier molecular flexibility index (Phi) is 8.60. The maximum Gasteiger partial charge on any atom is 0.387 e. The summed E-state index contributed by atoms with van der Waals surface area (Å²) in [7, 11) is 0. The van der Waals surface area contributed by atoms with E-state index in [9.17, 15) is 8.78 Å². The molecule has 2 N–H and O–H groups in total. The molecule has 2 rings (SSSR count). The standard InChI is InChI=1S/C17H25F2N3O3S/c1-3-20-17(21-6-4-5-7-26-2)22-10-12-8-14-15(24-11-23-14)9-13(12)25-16(18)19/h8-9,16H,3-7,10-11H2,1-2H3,(H2,20,21,22). The van der Waals surface area contributed by atoms with Gasteiger partial charge in [-0.3, -0.25) is 0 Å². The van der Waals surface area contributed by atoms with Crippen molar-refractivity contribution in [1.82, 2.24) is 10.6 Å². The van der Waals surface area contributed by atoms with Crippen molar-refractivity contribution < 1.29 is 23.0 Å². The third-order valence-electron chi connectivity index (χ3n) is 3.59. The van der Waals surface area contributed by atoms with Crippen molar-refractivity contribution in [3.63, 3.8) is 0 Å². The highest BCUT2D eigenvalue weighted by molar-refractivity contribution is 7.98. The number of benzene rings is 1. The van der Waals surface area contributed by atoms with E-state index in [2.05, 4.69) is 26.6 Å². The normalized spacial score (nSPS) is 13.2. The van der Waals surface area contributed by atoms with Crippen LogP contribution < -0.4 is 24.8 Å². The van der Waals surface area contributed by atoms with Crippen molar-refractivity contribution in [1.29, 1.82) is 0 Å². The molecule has 1 heterocycles. The SMILES string of the molecule is CCNC(=NCc1cc2c(cc1OC(F)F)OCO2)NCCCCSC. The molecule has 9 heteroatoms.